The highest BCUT2D eigenvalue weighted by molar-refractivity contribution is 5.83. The Hall–Kier alpha value is -2.74. The van der Waals surface area contributed by atoms with Crippen molar-refractivity contribution in [2.75, 3.05) is 11.1 Å². The first kappa shape index (κ1) is 14.8. The molecule has 0 saturated heterocycles. The Morgan fingerprint density at radius 2 is 2.17 bits per heavy atom. The SMILES string of the molecule is Nc1nc(N[C@H](Cc2ccccn2)C2CC(O)C2)c2[nH]cnc2n1. The number of imidazole rings is 1. The quantitative estimate of drug-likeness (QED) is 0.554. The van der Waals surface area contributed by atoms with E-state index in [0.29, 0.717) is 17.4 Å². The zero-order valence-corrected chi connectivity index (χ0v) is 13.1. The Balaban J connectivity index is 1.62. The summed E-state index contributed by atoms with van der Waals surface area (Å²) in [5.74, 6) is 1.18. The van der Waals surface area contributed by atoms with Gasteiger partial charge in [0.05, 0.1) is 12.4 Å². The third kappa shape index (κ3) is 2.88. The number of fused-ring (bicyclic) bond motifs is 1. The van der Waals surface area contributed by atoms with Gasteiger partial charge in [-0.2, -0.15) is 9.97 Å². The van der Waals surface area contributed by atoms with Crippen molar-refractivity contribution in [3.05, 3.63) is 36.4 Å². The molecule has 0 radical (unpaired) electrons. The van der Waals surface area contributed by atoms with Crippen LogP contribution in [0.3, 0.4) is 0 Å². The summed E-state index contributed by atoms with van der Waals surface area (Å²) in [7, 11) is 0. The second-order valence-electron chi connectivity index (χ2n) is 6.19. The zero-order valence-electron chi connectivity index (χ0n) is 13.1. The lowest BCUT2D eigenvalue weighted by atomic mass is 9.76. The molecule has 3 heterocycles. The molecule has 1 aliphatic rings. The minimum absolute atomic E-state index is 0.101. The summed E-state index contributed by atoms with van der Waals surface area (Å²) in [5.41, 5.74) is 8.06. The summed E-state index contributed by atoms with van der Waals surface area (Å²) in [5, 5.41) is 13.1. The Morgan fingerprint density at radius 3 is 2.92 bits per heavy atom. The van der Waals surface area contributed by atoms with E-state index < -0.39 is 0 Å². The number of aliphatic hydroxyl groups excluding tert-OH is 1. The Labute approximate surface area is 138 Å². The molecular formula is C16H19N7O. The highest BCUT2D eigenvalue weighted by atomic mass is 16.3. The highest BCUT2D eigenvalue weighted by Crippen LogP contribution is 2.33. The largest absolute Gasteiger partial charge is 0.393 e. The lowest BCUT2D eigenvalue weighted by Gasteiger charge is -2.38. The third-order valence-corrected chi connectivity index (χ3v) is 4.50. The molecule has 0 aliphatic heterocycles. The molecule has 1 atom stereocenters. The van der Waals surface area contributed by atoms with Crippen LogP contribution in [0.15, 0.2) is 30.7 Å². The molecule has 24 heavy (non-hydrogen) atoms. The van der Waals surface area contributed by atoms with Crippen molar-refractivity contribution in [2.45, 2.75) is 31.4 Å². The van der Waals surface area contributed by atoms with Gasteiger partial charge in [0.25, 0.3) is 0 Å². The maximum atomic E-state index is 9.68. The molecule has 1 aliphatic carbocycles. The van der Waals surface area contributed by atoms with Crippen molar-refractivity contribution in [3.8, 4) is 0 Å². The summed E-state index contributed by atoms with van der Waals surface area (Å²) in [4.78, 5) is 20.0. The molecule has 124 valence electrons. The first-order valence-electron chi connectivity index (χ1n) is 8.00. The van der Waals surface area contributed by atoms with Crippen LogP contribution in [0.1, 0.15) is 18.5 Å². The summed E-state index contributed by atoms with van der Waals surface area (Å²) in [6.07, 6.45) is 5.44. The average molecular weight is 325 g/mol. The van der Waals surface area contributed by atoms with Gasteiger partial charge in [-0.25, -0.2) is 4.98 Å². The highest BCUT2D eigenvalue weighted by Gasteiger charge is 2.34. The number of pyridine rings is 1. The summed E-state index contributed by atoms with van der Waals surface area (Å²) in [6.45, 7) is 0. The number of H-pyrrole nitrogens is 1. The van der Waals surface area contributed by atoms with Crippen molar-refractivity contribution in [1.29, 1.82) is 0 Å². The van der Waals surface area contributed by atoms with E-state index in [0.717, 1.165) is 30.5 Å². The molecular weight excluding hydrogens is 306 g/mol. The zero-order chi connectivity index (χ0) is 16.5. The van der Waals surface area contributed by atoms with Crippen LogP contribution in [0.2, 0.25) is 0 Å². The predicted octanol–water partition coefficient (Wildman–Crippen LogP) is 1.12. The number of rotatable bonds is 5. The molecule has 0 unspecified atom stereocenters. The van der Waals surface area contributed by atoms with Gasteiger partial charge in [-0.15, -0.1) is 0 Å². The van der Waals surface area contributed by atoms with Crippen molar-refractivity contribution in [1.82, 2.24) is 24.9 Å². The maximum Gasteiger partial charge on any atom is 0.224 e. The lowest BCUT2D eigenvalue weighted by Crippen LogP contribution is -2.42. The van der Waals surface area contributed by atoms with Crippen LogP contribution in [0.25, 0.3) is 11.2 Å². The first-order chi connectivity index (χ1) is 11.7. The molecule has 1 fully saturated rings. The van der Waals surface area contributed by atoms with E-state index in [1.54, 1.807) is 12.5 Å². The number of nitrogen functional groups attached to an aromatic ring is 1. The van der Waals surface area contributed by atoms with Crippen LogP contribution in [-0.2, 0) is 6.42 Å². The number of aromatic amines is 1. The van der Waals surface area contributed by atoms with Gasteiger partial charge in [-0.1, -0.05) is 6.07 Å². The minimum atomic E-state index is -0.217. The van der Waals surface area contributed by atoms with Crippen LogP contribution in [0.5, 0.6) is 0 Å². The molecule has 5 N–H and O–H groups in total. The number of aromatic nitrogens is 5. The summed E-state index contributed by atoms with van der Waals surface area (Å²) < 4.78 is 0. The fraction of sp³-hybridized carbons (Fsp3) is 0.375. The molecule has 8 heteroatoms. The monoisotopic (exact) mass is 325 g/mol. The molecule has 0 amide bonds. The molecule has 3 aromatic rings. The number of hydrogen-bond donors (Lipinski definition) is 4. The van der Waals surface area contributed by atoms with Gasteiger partial charge < -0.3 is 21.1 Å². The van der Waals surface area contributed by atoms with Crippen LogP contribution in [-0.4, -0.2) is 42.2 Å². The van der Waals surface area contributed by atoms with Crippen LogP contribution < -0.4 is 11.1 Å². The third-order valence-electron chi connectivity index (χ3n) is 4.50. The van der Waals surface area contributed by atoms with E-state index in [1.165, 1.54) is 0 Å². The number of nitrogens with two attached hydrogens (primary N) is 1. The molecule has 0 aromatic carbocycles. The van der Waals surface area contributed by atoms with Gasteiger partial charge in [0.15, 0.2) is 11.5 Å². The van der Waals surface area contributed by atoms with Gasteiger partial charge in [0, 0.05) is 24.4 Å². The lowest BCUT2D eigenvalue weighted by molar-refractivity contribution is 0.0341. The molecule has 4 rings (SSSR count). The van der Waals surface area contributed by atoms with E-state index >= 15 is 0 Å². The molecule has 0 spiro atoms. The van der Waals surface area contributed by atoms with Crippen molar-refractivity contribution >= 4 is 22.9 Å². The summed E-state index contributed by atoms with van der Waals surface area (Å²) >= 11 is 0. The van der Waals surface area contributed by atoms with Gasteiger partial charge in [-0.05, 0) is 30.9 Å². The topological polar surface area (TPSA) is 126 Å². The number of aliphatic hydroxyl groups is 1. The number of nitrogens with one attached hydrogen (secondary N) is 2. The van der Waals surface area contributed by atoms with Crippen LogP contribution in [0, 0.1) is 5.92 Å². The number of hydrogen-bond acceptors (Lipinski definition) is 7. The second-order valence-corrected chi connectivity index (χ2v) is 6.19. The Morgan fingerprint density at radius 1 is 1.29 bits per heavy atom. The van der Waals surface area contributed by atoms with Gasteiger partial charge in [0.1, 0.15) is 5.52 Å². The molecule has 8 nitrogen and oxygen atoms in total. The Kier molecular flexibility index (Phi) is 3.73. The van der Waals surface area contributed by atoms with Gasteiger partial charge in [0.2, 0.25) is 5.95 Å². The van der Waals surface area contributed by atoms with Crippen molar-refractivity contribution in [2.24, 2.45) is 5.92 Å². The van der Waals surface area contributed by atoms with Gasteiger partial charge >= 0.3 is 0 Å². The van der Waals surface area contributed by atoms with Gasteiger partial charge in [-0.3, -0.25) is 4.98 Å². The molecule has 1 saturated carbocycles. The fourth-order valence-electron chi connectivity index (χ4n) is 3.17. The summed E-state index contributed by atoms with van der Waals surface area (Å²) in [6, 6.07) is 5.98. The normalized spacial score (nSPS) is 21.4. The number of anilines is 2. The van der Waals surface area contributed by atoms with E-state index in [1.807, 2.05) is 18.2 Å². The average Bonchev–Trinajstić information content (AvgIpc) is 3.00. The van der Waals surface area contributed by atoms with E-state index in [2.05, 4.69) is 30.2 Å². The second kappa shape index (κ2) is 6.04. The molecule has 0 bridgehead atoms. The van der Waals surface area contributed by atoms with Crippen LogP contribution in [0.4, 0.5) is 11.8 Å². The number of nitrogens with zero attached hydrogens (tertiary/aromatic N) is 4. The molecule has 3 aromatic heterocycles. The first-order valence-corrected chi connectivity index (χ1v) is 8.00. The smallest absolute Gasteiger partial charge is 0.224 e. The standard InChI is InChI=1S/C16H19N7O/c17-16-22-14-13(19-8-20-14)15(23-16)21-12(9-5-11(24)6-9)7-10-3-1-2-4-18-10/h1-4,8-9,11-12,24H,5-7H2,(H4,17,19,20,21,22,23)/t9?,11?,12-/m1/s1. The van der Waals surface area contributed by atoms with Crippen molar-refractivity contribution in [3.63, 3.8) is 0 Å². The van der Waals surface area contributed by atoms with Crippen molar-refractivity contribution < 1.29 is 5.11 Å². The predicted molar refractivity (Wildman–Crippen MR) is 90.2 cm³/mol. The fourth-order valence-corrected chi connectivity index (χ4v) is 3.17. The Bertz CT molecular complexity index is 829. The minimum Gasteiger partial charge on any atom is -0.393 e. The van der Waals surface area contributed by atoms with E-state index in [4.69, 9.17) is 5.73 Å². The van der Waals surface area contributed by atoms with E-state index in [-0.39, 0.29) is 18.1 Å². The maximum absolute atomic E-state index is 9.68. The van der Waals surface area contributed by atoms with Crippen LogP contribution >= 0.6 is 0 Å². The van der Waals surface area contributed by atoms with E-state index in [9.17, 15) is 5.11 Å².